The monoisotopic (exact) mass is 872 g/mol. The van der Waals surface area contributed by atoms with Gasteiger partial charge in [-0.3, -0.25) is 19.1 Å². The molecule has 3 aliphatic rings. The number of hydrogen-bond acceptors (Lipinski definition) is 12. The van der Waals surface area contributed by atoms with Crippen molar-refractivity contribution in [2.75, 3.05) is 13.1 Å². The fourth-order valence-corrected chi connectivity index (χ4v) is 9.38. The van der Waals surface area contributed by atoms with E-state index >= 15 is 0 Å². The Balaban J connectivity index is 0.000000302. The van der Waals surface area contributed by atoms with Gasteiger partial charge in [-0.15, -0.1) is 26.6 Å². The smallest absolute Gasteiger partial charge is 0.272 e. The molecule has 62 heavy (non-hydrogen) atoms. The van der Waals surface area contributed by atoms with Crippen LogP contribution < -0.4 is 5.32 Å². The molecule has 1 unspecified atom stereocenters. The number of oxazole rings is 1. The highest BCUT2D eigenvalue weighted by Crippen LogP contribution is 2.36. The highest BCUT2D eigenvalue weighted by molar-refractivity contribution is 7.15. The topological polar surface area (TPSA) is 188 Å². The van der Waals surface area contributed by atoms with Gasteiger partial charge in [0.15, 0.2) is 17.4 Å². The first-order valence-corrected chi connectivity index (χ1v) is 22.0. The van der Waals surface area contributed by atoms with Crippen LogP contribution in [0.2, 0.25) is 5.02 Å². The summed E-state index contributed by atoms with van der Waals surface area (Å²) < 4.78 is 6.84. The Bertz CT molecular complexity index is 2570. The lowest BCUT2D eigenvalue weighted by molar-refractivity contribution is 0.0672. The molecule has 4 aromatic heterocycles. The summed E-state index contributed by atoms with van der Waals surface area (Å²) in [5, 5.41) is 39.0. The molecule has 2 aliphatic heterocycles. The molecule has 2 N–H and O–H groups in total. The Labute approximate surface area is 369 Å². The molecule has 0 bridgehead atoms. The third kappa shape index (κ3) is 10.4. The third-order valence-electron chi connectivity index (χ3n) is 11.3. The molecule has 1 saturated heterocycles. The lowest BCUT2D eigenvalue weighted by Crippen LogP contribution is -2.40. The van der Waals surface area contributed by atoms with Gasteiger partial charge in [0.05, 0.1) is 28.2 Å². The molecule has 16 heteroatoms. The molecular formula is C46H49ClN10O4S. The highest BCUT2D eigenvalue weighted by atomic mass is 35.5. The number of rotatable bonds is 6. The van der Waals surface area contributed by atoms with Gasteiger partial charge in [-0.1, -0.05) is 43.0 Å². The number of aliphatic imine (C=N–C) groups is 1. The van der Waals surface area contributed by atoms with Crippen molar-refractivity contribution in [1.29, 1.82) is 5.26 Å². The number of amides is 2. The number of benzene rings is 2. The van der Waals surface area contributed by atoms with Gasteiger partial charge in [0, 0.05) is 47.6 Å². The Kier molecular flexibility index (Phi) is 14.2. The number of aromatic nitrogens is 6. The highest BCUT2D eigenvalue weighted by Gasteiger charge is 2.28. The van der Waals surface area contributed by atoms with E-state index in [4.69, 9.17) is 31.4 Å². The van der Waals surface area contributed by atoms with E-state index in [0.717, 1.165) is 83.7 Å². The van der Waals surface area contributed by atoms with Gasteiger partial charge in [0.1, 0.15) is 35.5 Å². The minimum Gasteiger partial charge on any atom is -0.508 e. The zero-order valence-corrected chi connectivity index (χ0v) is 36.8. The zero-order valence-electron chi connectivity index (χ0n) is 35.3. The summed E-state index contributed by atoms with van der Waals surface area (Å²) in [7, 11) is 0. The minimum absolute atomic E-state index is 0.0463. The molecular weight excluding hydrogens is 824 g/mol. The molecule has 6 aromatic rings. The van der Waals surface area contributed by atoms with Crippen LogP contribution in [-0.4, -0.2) is 76.6 Å². The van der Waals surface area contributed by atoms with Gasteiger partial charge in [-0.05, 0) is 107 Å². The maximum Gasteiger partial charge on any atom is 0.272 e. The number of piperidine rings is 1. The van der Waals surface area contributed by atoms with E-state index in [0.29, 0.717) is 35.8 Å². The molecule has 9 rings (SSSR count). The van der Waals surface area contributed by atoms with Crippen molar-refractivity contribution < 1.29 is 19.1 Å². The van der Waals surface area contributed by atoms with Gasteiger partial charge < -0.3 is 19.7 Å². The first-order chi connectivity index (χ1) is 30.0. The van der Waals surface area contributed by atoms with Crippen molar-refractivity contribution in [3.8, 4) is 16.8 Å². The number of halogens is 1. The molecule has 0 spiro atoms. The maximum absolute atomic E-state index is 13.6. The quantitative estimate of drug-likeness (QED) is 0.164. The van der Waals surface area contributed by atoms with Crippen LogP contribution in [-0.2, 0) is 13.0 Å². The van der Waals surface area contributed by atoms with Crippen LogP contribution >= 0.6 is 22.9 Å². The molecule has 0 radical (unpaired) electrons. The van der Waals surface area contributed by atoms with Gasteiger partial charge in [-0.25, -0.2) is 4.98 Å². The second-order valence-corrected chi connectivity index (χ2v) is 17.3. The number of hydrogen-bond donors (Lipinski definition) is 2. The molecule has 6 heterocycles. The first-order valence-electron chi connectivity index (χ1n) is 20.8. The largest absolute Gasteiger partial charge is 0.508 e. The van der Waals surface area contributed by atoms with Crippen molar-refractivity contribution in [1.82, 2.24) is 40.2 Å². The van der Waals surface area contributed by atoms with Crippen LogP contribution in [0, 0.1) is 44.9 Å². The van der Waals surface area contributed by atoms with Crippen LogP contribution in [0.4, 0.5) is 0 Å². The van der Waals surface area contributed by atoms with Gasteiger partial charge in [0.2, 0.25) is 0 Å². The number of nitrogens with one attached hydrogen (secondary N) is 1. The van der Waals surface area contributed by atoms with Crippen molar-refractivity contribution in [2.45, 2.75) is 91.6 Å². The predicted molar refractivity (Wildman–Crippen MR) is 237 cm³/mol. The maximum atomic E-state index is 13.6. The van der Waals surface area contributed by atoms with Crippen LogP contribution in [0.15, 0.2) is 76.5 Å². The molecule has 2 fully saturated rings. The van der Waals surface area contributed by atoms with Crippen molar-refractivity contribution in [2.24, 2.45) is 10.9 Å². The summed E-state index contributed by atoms with van der Waals surface area (Å²) in [6.07, 6.45) is 11.5. The molecule has 2 amide bonds. The van der Waals surface area contributed by atoms with E-state index in [1.807, 2.05) is 48.2 Å². The number of aromatic hydroxyl groups is 1. The van der Waals surface area contributed by atoms with E-state index in [2.05, 4.69) is 49.1 Å². The van der Waals surface area contributed by atoms with Gasteiger partial charge in [-0.2, -0.15) is 10.4 Å². The first kappa shape index (κ1) is 43.8. The number of likely N-dealkylation sites (tertiary alicyclic amines) is 1. The minimum atomic E-state index is -0.141. The lowest BCUT2D eigenvalue weighted by atomic mass is 9.92. The number of nitriles is 1. The SMILES string of the molecule is Cc1ncco1.Cc1sc2c(c1C)C(c1ccc(C(=O)N3CCCC(Cc4ccc(C(=O)NC5CCCCC5)nn4)C3)cc1)=NCc1nnc(C)n1-2.N#Cc1ccc(O)cc1Cl. The molecule has 320 valence electrons. The van der Waals surface area contributed by atoms with Crippen molar-refractivity contribution in [3.63, 3.8) is 0 Å². The second kappa shape index (κ2) is 20.1. The van der Waals surface area contributed by atoms with E-state index in [1.165, 1.54) is 47.9 Å². The predicted octanol–water partition coefficient (Wildman–Crippen LogP) is 8.45. The van der Waals surface area contributed by atoms with Crippen LogP contribution in [0.5, 0.6) is 5.75 Å². The molecule has 1 saturated carbocycles. The summed E-state index contributed by atoms with van der Waals surface area (Å²) in [5.41, 5.74) is 6.51. The Morgan fingerprint density at radius 1 is 0.968 bits per heavy atom. The van der Waals surface area contributed by atoms with Crippen molar-refractivity contribution >= 4 is 40.5 Å². The number of fused-ring (bicyclic) bond motifs is 3. The van der Waals surface area contributed by atoms with E-state index in [1.54, 1.807) is 36.8 Å². The summed E-state index contributed by atoms with van der Waals surface area (Å²) in [4.78, 5) is 38.2. The summed E-state index contributed by atoms with van der Waals surface area (Å²) >= 11 is 7.29. The zero-order chi connectivity index (χ0) is 43.8. The van der Waals surface area contributed by atoms with E-state index < -0.39 is 0 Å². The van der Waals surface area contributed by atoms with Gasteiger partial charge >= 0.3 is 0 Å². The van der Waals surface area contributed by atoms with Crippen LogP contribution in [0.1, 0.15) is 116 Å². The third-order valence-corrected chi connectivity index (χ3v) is 12.8. The molecule has 1 aliphatic carbocycles. The fraction of sp³-hybridized carbons (Fsp3) is 0.370. The number of carbonyl (C=O) groups excluding carboxylic acids is 2. The molecule has 2 aromatic carbocycles. The number of aryl methyl sites for hydroxylation is 3. The van der Waals surface area contributed by atoms with E-state index in [9.17, 15) is 9.59 Å². The van der Waals surface area contributed by atoms with E-state index in [-0.39, 0.29) is 28.6 Å². The number of thiophene rings is 1. The Hall–Kier alpha value is -6.24. The van der Waals surface area contributed by atoms with Gasteiger partial charge in [0.25, 0.3) is 11.8 Å². The standard InChI is InChI=1S/C35H40N8O2S.C7H4ClNO.C4H5NO/c1-21-22(2)46-35-31(21)32(36-19-30-41-38-23(3)43(30)35)25-11-13-26(14-12-25)34(45)42-17-7-8-24(20-42)18-28-15-16-29(40-39-28)33(44)37-27-9-5-4-6-10-27;8-7-3-6(10)2-1-5(7)4-9;1-4-5-2-3-6-4/h11-16,24,27H,4-10,17-20H2,1-3H3,(H,37,44);1-3,10H;2-3H,1H3. The Morgan fingerprint density at radius 2 is 1.76 bits per heavy atom. The summed E-state index contributed by atoms with van der Waals surface area (Å²) in [5.74, 6) is 2.68. The molecule has 1 atom stereocenters. The molecule has 14 nitrogen and oxygen atoms in total. The summed E-state index contributed by atoms with van der Waals surface area (Å²) in [6.45, 7) is 9.93. The van der Waals surface area contributed by atoms with Crippen molar-refractivity contribution in [3.05, 3.63) is 134 Å². The summed E-state index contributed by atoms with van der Waals surface area (Å²) in [6, 6.07) is 17.9. The normalized spacial score (nSPS) is 15.9. The fourth-order valence-electron chi connectivity index (χ4n) is 7.93. The number of nitrogens with zero attached hydrogens (tertiary/aromatic N) is 9. The number of phenols is 1. The average Bonchev–Trinajstić information content (AvgIpc) is 3.96. The number of carbonyl (C=O) groups is 2. The number of phenolic OH excluding ortho intramolecular Hbond substituents is 1. The lowest BCUT2D eigenvalue weighted by Gasteiger charge is -2.32. The second-order valence-electron chi connectivity index (χ2n) is 15.7. The average molecular weight is 873 g/mol. The van der Waals surface area contributed by atoms with Crippen LogP contribution in [0.25, 0.3) is 5.00 Å². The van der Waals surface area contributed by atoms with Crippen LogP contribution in [0.3, 0.4) is 0 Å². The Morgan fingerprint density at radius 3 is 2.42 bits per heavy atom.